The molecule has 1 aliphatic rings. The zero-order valence-corrected chi connectivity index (χ0v) is 12.2. The largest absolute Gasteiger partial charge is 0.465 e. The van der Waals surface area contributed by atoms with Gasteiger partial charge in [0.05, 0.1) is 12.1 Å². The summed E-state index contributed by atoms with van der Waals surface area (Å²) in [5.41, 5.74) is 0.434. The highest BCUT2D eigenvalue weighted by Gasteiger charge is 2.38. The molecule has 0 unspecified atom stereocenters. The van der Waals surface area contributed by atoms with E-state index in [9.17, 15) is 19.4 Å². The van der Waals surface area contributed by atoms with Gasteiger partial charge >= 0.3 is 6.09 Å². The molecule has 0 bridgehead atoms. The fourth-order valence-electron chi connectivity index (χ4n) is 3.25. The van der Waals surface area contributed by atoms with Crippen molar-refractivity contribution in [1.29, 1.82) is 0 Å². The summed E-state index contributed by atoms with van der Waals surface area (Å²) in [5, 5.41) is 20.0. The SMILES string of the molecule is CCC[C@@H]1CCC[C@H]([C@@H](O)c2cccc(F)c2)N1C(=O)O. The van der Waals surface area contributed by atoms with Crippen molar-refractivity contribution in [2.24, 2.45) is 0 Å². The maximum Gasteiger partial charge on any atom is 0.407 e. The summed E-state index contributed by atoms with van der Waals surface area (Å²) in [4.78, 5) is 13.0. The third kappa shape index (κ3) is 3.53. The number of benzene rings is 1. The van der Waals surface area contributed by atoms with Crippen molar-refractivity contribution >= 4 is 6.09 Å². The van der Waals surface area contributed by atoms with Crippen LogP contribution in [0.5, 0.6) is 0 Å². The van der Waals surface area contributed by atoms with E-state index < -0.39 is 24.1 Å². The van der Waals surface area contributed by atoms with E-state index >= 15 is 0 Å². The van der Waals surface area contributed by atoms with Crippen molar-refractivity contribution in [3.63, 3.8) is 0 Å². The molecule has 1 aliphatic heterocycles. The second-order valence-corrected chi connectivity index (χ2v) is 5.63. The molecular formula is C16H22FNO3. The number of carbonyl (C=O) groups is 1. The summed E-state index contributed by atoms with van der Waals surface area (Å²) < 4.78 is 13.3. The molecule has 2 N–H and O–H groups in total. The first kappa shape index (κ1) is 15.8. The third-order valence-electron chi connectivity index (χ3n) is 4.19. The van der Waals surface area contributed by atoms with Crippen LogP contribution in [0.15, 0.2) is 24.3 Å². The first-order valence-corrected chi connectivity index (χ1v) is 7.49. The van der Waals surface area contributed by atoms with Gasteiger partial charge in [0, 0.05) is 6.04 Å². The lowest BCUT2D eigenvalue weighted by atomic mass is 9.88. The number of nitrogens with zero attached hydrogens (tertiary/aromatic N) is 1. The van der Waals surface area contributed by atoms with E-state index in [4.69, 9.17) is 0 Å². The molecule has 0 spiro atoms. The fourth-order valence-corrected chi connectivity index (χ4v) is 3.25. The van der Waals surface area contributed by atoms with Gasteiger partial charge in [0.25, 0.3) is 0 Å². The quantitative estimate of drug-likeness (QED) is 0.893. The summed E-state index contributed by atoms with van der Waals surface area (Å²) in [6, 6.07) is 5.19. The Morgan fingerprint density at radius 2 is 2.24 bits per heavy atom. The Morgan fingerprint density at radius 1 is 1.48 bits per heavy atom. The molecule has 0 aromatic heterocycles. The average molecular weight is 295 g/mol. The van der Waals surface area contributed by atoms with Gasteiger partial charge in [-0.3, -0.25) is 4.90 Å². The Bertz CT molecular complexity index is 492. The lowest BCUT2D eigenvalue weighted by Gasteiger charge is -2.42. The van der Waals surface area contributed by atoms with E-state index in [1.165, 1.54) is 23.1 Å². The van der Waals surface area contributed by atoms with Crippen molar-refractivity contribution in [2.45, 2.75) is 57.2 Å². The molecule has 116 valence electrons. The molecule has 1 fully saturated rings. The molecule has 21 heavy (non-hydrogen) atoms. The molecule has 0 radical (unpaired) electrons. The molecule has 1 aromatic carbocycles. The van der Waals surface area contributed by atoms with Gasteiger partial charge < -0.3 is 10.2 Å². The zero-order chi connectivity index (χ0) is 15.4. The normalized spacial score (nSPS) is 23.9. The van der Waals surface area contributed by atoms with Crippen molar-refractivity contribution in [3.8, 4) is 0 Å². The molecule has 2 rings (SSSR count). The number of hydrogen-bond acceptors (Lipinski definition) is 2. The van der Waals surface area contributed by atoms with Gasteiger partial charge in [-0.15, -0.1) is 0 Å². The maximum atomic E-state index is 13.3. The van der Waals surface area contributed by atoms with Crippen LogP contribution in [0.3, 0.4) is 0 Å². The summed E-state index contributed by atoms with van der Waals surface area (Å²) >= 11 is 0. The van der Waals surface area contributed by atoms with Crippen molar-refractivity contribution in [2.75, 3.05) is 0 Å². The minimum absolute atomic E-state index is 0.0607. The van der Waals surface area contributed by atoms with E-state index in [2.05, 4.69) is 0 Å². The molecule has 1 heterocycles. The lowest BCUT2D eigenvalue weighted by molar-refractivity contribution is 0.000219. The van der Waals surface area contributed by atoms with Crippen LogP contribution in [0.2, 0.25) is 0 Å². The predicted octanol–water partition coefficient (Wildman–Crippen LogP) is 3.56. The number of rotatable bonds is 4. The highest BCUT2D eigenvalue weighted by atomic mass is 19.1. The number of likely N-dealkylation sites (tertiary alicyclic amines) is 1. The predicted molar refractivity (Wildman–Crippen MR) is 77.6 cm³/mol. The number of amides is 1. The van der Waals surface area contributed by atoms with Crippen molar-refractivity contribution in [3.05, 3.63) is 35.6 Å². The van der Waals surface area contributed by atoms with Crippen LogP contribution >= 0.6 is 0 Å². The number of hydrogen-bond donors (Lipinski definition) is 2. The third-order valence-corrected chi connectivity index (χ3v) is 4.19. The van der Waals surface area contributed by atoms with Crippen LogP contribution in [-0.2, 0) is 0 Å². The molecule has 1 amide bonds. The molecular weight excluding hydrogens is 273 g/mol. The van der Waals surface area contributed by atoms with Crippen LogP contribution < -0.4 is 0 Å². The molecule has 3 atom stereocenters. The van der Waals surface area contributed by atoms with Crippen molar-refractivity contribution < 1.29 is 19.4 Å². The van der Waals surface area contributed by atoms with Crippen LogP contribution in [0.25, 0.3) is 0 Å². The summed E-state index contributed by atoms with van der Waals surface area (Å²) in [7, 11) is 0. The van der Waals surface area contributed by atoms with Crippen LogP contribution in [0, 0.1) is 5.82 Å². The number of carboxylic acid groups (broad SMARTS) is 1. The molecule has 4 nitrogen and oxygen atoms in total. The van der Waals surface area contributed by atoms with Gasteiger partial charge in [-0.25, -0.2) is 9.18 Å². The van der Waals surface area contributed by atoms with Gasteiger partial charge in [-0.1, -0.05) is 25.5 Å². The number of aliphatic hydroxyl groups excluding tert-OH is 1. The molecule has 5 heteroatoms. The summed E-state index contributed by atoms with van der Waals surface area (Å²) in [6.07, 6.45) is 2.00. The molecule has 0 saturated carbocycles. The van der Waals surface area contributed by atoms with E-state index in [1.54, 1.807) is 6.07 Å². The van der Waals surface area contributed by atoms with Crippen LogP contribution in [0.4, 0.5) is 9.18 Å². The van der Waals surface area contributed by atoms with Gasteiger partial charge in [0.1, 0.15) is 5.82 Å². The Hall–Kier alpha value is -1.62. The van der Waals surface area contributed by atoms with E-state index in [-0.39, 0.29) is 6.04 Å². The Kier molecular flexibility index (Phi) is 5.17. The Balaban J connectivity index is 2.24. The first-order chi connectivity index (χ1) is 10.0. The van der Waals surface area contributed by atoms with Gasteiger partial charge in [-0.05, 0) is 43.4 Å². The minimum atomic E-state index is -1.01. The van der Waals surface area contributed by atoms with Gasteiger partial charge in [-0.2, -0.15) is 0 Å². The van der Waals surface area contributed by atoms with E-state index in [0.29, 0.717) is 12.0 Å². The standard InChI is InChI=1S/C16H22FNO3/c1-2-5-13-8-4-9-14(18(13)16(20)21)15(19)11-6-3-7-12(17)10-11/h3,6-7,10,13-15,19H,2,4-5,8-9H2,1H3,(H,20,21)/t13-,14-,15+/m1/s1. The van der Waals surface area contributed by atoms with Crippen LogP contribution in [0.1, 0.15) is 50.7 Å². The minimum Gasteiger partial charge on any atom is -0.465 e. The van der Waals surface area contributed by atoms with Gasteiger partial charge in [0.15, 0.2) is 0 Å². The average Bonchev–Trinajstić information content (AvgIpc) is 2.46. The highest BCUT2D eigenvalue weighted by Crippen LogP contribution is 2.33. The summed E-state index contributed by atoms with van der Waals surface area (Å²) in [6.45, 7) is 2.02. The lowest BCUT2D eigenvalue weighted by Crippen LogP contribution is -2.51. The highest BCUT2D eigenvalue weighted by molar-refractivity contribution is 5.66. The molecule has 1 aromatic rings. The number of halogens is 1. The second-order valence-electron chi connectivity index (χ2n) is 5.63. The molecule has 1 saturated heterocycles. The topological polar surface area (TPSA) is 60.8 Å². The second kappa shape index (κ2) is 6.89. The van der Waals surface area contributed by atoms with Crippen LogP contribution in [-0.4, -0.2) is 33.3 Å². The first-order valence-electron chi connectivity index (χ1n) is 7.49. The maximum absolute atomic E-state index is 13.3. The molecule has 0 aliphatic carbocycles. The van der Waals surface area contributed by atoms with E-state index in [1.807, 2.05) is 6.92 Å². The van der Waals surface area contributed by atoms with E-state index in [0.717, 1.165) is 25.7 Å². The Morgan fingerprint density at radius 3 is 2.86 bits per heavy atom. The number of piperidine rings is 1. The Labute approximate surface area is 124 Å². The zero-order valence-electron chi connectivity index (χ0n) is 12.2. The summed E-state index contributed by atoms with van der Waals surface area (Å²) in [5.74, 6) is -0.422. The number of aliphatic hydroxyl groups is 1. The smallest absolute Gasteiger partial charge is 0.407 e. The van der Waals surface area contributed by atoms with Gasteiger partial charge in [0.2, 0.25) is 0 Å². The fraction of sp³-hybridized carbons (Fsp3) is 0.562. The van der Waals surface area contributed by atoms with Crippen molar-refractivity contribution in [1.82, 2.24) is 4.90 Å². The monoisotopic (exact) mass is 295 g/mol.